The highest BCUT2D eigenvalue weighted by molar-refractivity contribution is 6.31. The van der Waals surface area contributed by atoms with Crippen LogP contribution in [0.3, 0.4) is 0 Å². The Morgan fingerprint density at radius 1 is 1.24 bits per heavy atom. The molecule has 0 saturated carbocycles. The number of halogens is 3. The van der Waals surface area contributed by atoms with E-state index >= 15 is 0 Å². The third-order valence-corrected chi connectivity index (χ3v) is 7.37. The number of pyridine rings is 1. The number of amides is 1. The van der Waals surface area contributed by atoms with Gasteiger partial charge in [0, 0.05) is 27.4 Å². The topological polar surface area (TPSA) is 135 Å². The van der Waals surface area contributed by atoms with Crippen molar-refractivity contribution in [3.63, 3.8) is 0 Å². The van der Waals surface area contributed by atoms with Crippen LogP contribution in [0.1, 0.15) is 35.6 Å². The van der Waals surface area contributed by atoms with E-state index in [1.165, 1.54) is 24.2 Å². The van der Waals surface area contributed by atoms with Gasteiger partial charge in [-0.3, -0.25) is 15.1 Å². The summed E-state index contributed by atoms with van der Waals surface area (Å²) in [6.45, 7) is 0. The number of hydrogen-bond acceptors (Lipinski definition) is 5. The molecule has 0 fully saturated rings. The van der Waals surface area contributed by atoms with Gasteiger partial charge in [0.2, 0.25) is 11.3 Å². The molecule has 3 heterocycles. The molecule has 4 N–H and O–H groups in total. The van der Waals surface area contributed by atoms with Crippen molar-refractivity contribution in [2.45, 2.75) is 24.9 Å². The van der Waals surface area contributed by atoms with Gasteiger partial charge in [0.1, 0.15) is 11.5 Å². The van der Waals surface area contributed by atoms with Gasteiger partial charge in [-0.2, -0.15) is 4.73 Å². The Kier molecular flexibility index (Phi) is 6.51. The Labute approximate surface area is 236 Å². The molecule has 1 aliphatic rings. The number of aromatic nitrogens is 5. The highest BCUT2D eigenvalue weighted by Gasteiger charge is 2.48. The molecule has 2 aromatic carbocycles. The quantitative estimate of drug-likeness (QED) is 0.156. The molecule has 1 amide bonds. The van der Waals surface area contributed by atoms with Gasteiger partial charge in [-0.15, -0.1) is 0 Å². The number of fused-ring (bicyclic) bond motifs is 1. The summed E-state index contributed by atoms with van der Waals surface area (Å²) in [7, 11) is 1.28. The van der Waals surface area contributed by atoms with E-state index in [1.807, 2.05) is 0 Å². The molecule has 6 rings (SSSR count). The number of hydrogen-bond donors (Lipinski definition) is 4. The van der Waals surface area contributed by atoms with E-state index in [0.717, 1.165) is 5.56 Å². The number of alkyl halides is 2. The molecule has 1 unspecified atom stereocenters. The van der Waals surface area contributed by atoms with E-state index in [-0.39, 0.29) is 23.6 Å². The third-order valence-electron chi connectivity index (χ3n) is 7.14. The van der Waals surface area contributed by atoms with E-state index in [0.29, 0.717) is 49.9 Å². The molecule has 0 radical (unpaired) electrons. The predicted octanol–water partition coefficient (Wildman–Crippen LogP) is 5.45. The van der Waals surface area contributed by atoms with Gasteiger partial charge in [-0.05, 0) is 54.8 Å². The summed E-state index contributed by atoms with van der Waals surface area (Å²) < 4.78 is 32.6. The predicted molar refractivity (Wildman–Crippen MR) is 146 cm³/mol. The maximum Gasteiger partial charge on any atom is 0.411 e. The summed E-state index contributed by atoms with van der Waals surface area (Å²) >= 11 is 6.25. The minimum Gasteiger partial charge on any atom is -0.618 e. The smallest absolute Gasteiger partial charge is 0.411 e. The monoisotopic (exact) mass is 580 g/mol. The van der Waals surface area contributed by atoms with Gasteiger partial charge >= 0.3 is 6.09 Å². The summed E-state index contributed by atoms with van der Waals surface area (Å²) in [5, 5.41) is 30.7. The third kappa shape index (κ3) is 4.70. The molecule has 5 aromatic rings. The summed E-state index contributed by atoms with van der Waals surface area (Å²) in [6.07, 6.45) is 1.59. The molecule has 13 heteroatoms. The van der Waals surface area contributed by atoms with Gasteiger partial charge in [0.25, 0.3) is 6.43 Å². The van der Waals surface area contributed by atoms with Crippen LogP contribution in [0.4, 0.5) is 19.3 Å². The van der Waals surface area contributed by atoms with Crippen LogP contribution in [-0.2, 0) is 16.8 Å². The van der Waals surface area contributed by atoms with Crippen LogP contribution in [0.15, 0.2) is 67.1 Å². The Morgan fingerprint density at radius 3 is 2.71 bits per heavy atom. The van der Waals surface area contributed by atoms with Crippen LogP contribution < -0.4 is 10.0 Å². The molecule has 41 heavy (non-hydrogen) atoms. The van der Waals surface area contributed by atoms with Crippen LogP contribution in [-0.4, -0.2) is 38.1 Å². The highest BCUT2D eigenvalue weighted by atomic mass is 35.5. The number of benzene rings is 2. The molecule has 0 spiro atoms. The normalized spacial score (nSPS) is 16.2. The zero-order valence-corrected chi connectivity index (χ0v) is 22.2. The van der Waals surface area contributed by atoms with Crippen LogP contribution >= 0.6 is 11.6 Å². The minimum atomic E-state index is -2.63. The number of nitrogens with zero attached hydrogens (tertiary/aromatic N) is 3. The number of carbonyl (C=O) groups is 1. The van der Waals surface area contributed by atoms with Crippen molar-refractivity contribution in [1.29, 1.82) is 0 Å². The van der Waals surface area contributed by atoms with Crippen molar-refractivity contribution >= 4 is 23.4 Å². The van der Waals surface area contributed by atoms with Crippen LogP contribution in [0.2, 0.25) is 5.02 Å². The second-order valence-electron chi connectivity index (χ2n) is 9.66. The average molecular weight is 581 g/mol. The lowest BCUT2D eigenvalue weighted by Gasteiger charge is -2.21. The second-order valence-corrected chi connectivity index (χ2v) is 10.1. The number of aromatic amines is 2. The maximum absolute atomic E-state index is 13.4. The minimum absolute atomic E-state index is 0.158. The van der Waals surface area contributed by atoms with Gasteiger partial charge < -0.3 is 20.0 Å². The number of aliphatic hydroxyl groups is 1. The van der Waals surface area contributed by atoms with Crippen LogP contribution in [0.25, 0.3) is 28.1 Å². The van der Waals surface area contributed by atoms with E-state index < -0.39 is 18.1 Å². The summed E-state index contributed by atoms with van der Waals surface area (Å²) in [6, 6.07) is 13.7. The number of imidazole rings is 1. The number of rotatable bonds is 6. The molecule has 3 aromatic heterocycles. The summed E-state index contributed by atoms with van der Waals surface area (Å²) in [5.74, 6) is 0.221. The van der Waals surface area contributed by atoms with Crippen molar-refractivity contribution in [3.8, 4) is 28.1 Å². The Bertz CT molecular complexity index is 1750. The fraction of sp³-hybridized carbons (Fsp3) is 0.179. The van der Waals surface area contributed by atoms with E-state index in [1.54, 1.807) is 54.7 Å². The molecule has 1 atom stereocenters. The highest BCUT2D eigenvalue weighted by Crippen LogP contribution is 2.41. The van der Waals surface area contributed by atoms with Crippen LogP contribution in [0.5, 0.6) is 0 Å². The Hall–Kier alpha value is -4.68. The lowest BCUT2D eigenvalue weighted by molar-refractivity contribution is -0.620. The van der Waals surface area contributed by atoms with Gasteiger partial charge in [-0.25, -0.2) is 18.6 Å². The van der Waals surface area contributed by atoms with E-state index in [2.05, 4.69) is 25.1 Å². The van der Waals surface area contributed by atoms with Crippen molar-refractivity contribution < 1.29 is 28.1 Å². The number of aryl methyl sites for hydroxylation is 1. The van der Waals surface area contributed by atoms with Crippen molar-refractivity contribution in [2.75, 3.05) is 12.4 Å². The lowest BCUT2D eigenvalue weighted by atomic mass is 9.98. The zero-order chi connectivity index (χ0) is 28.9. The standard InChI is InChI=1S/C28H23ClF2N6O4/c1-41-27(38)33-19-5-2-15(3-6-19)21-12-32-26(34-21)28(39)9-8-16-10-17(13-37(40)24(16)28)20-11-18(29)4-7-23(20)36-14-22(35-36)25(30)31/h2-7,10-14,25,35,39H,8-9H2,1H3,(H,32,34)(H,33,38). The molecule has 0 saturated heterocycles. The summed E-state index contributed by atoms with van der Waals surface area (Å²) in [5.41, 5.74) is 2.44. The van der Waals surface area contributed by atoms with E-state index in [9.17, 15) is 23.9 Å². The molecule has 0 aliphatic heterocycles. The molecule has 210 valence electrons. The first-order valence-corrected chi connectivity index (χ1v) is 12.9. The largest absolute Gasteiger partial charge is 0.618 e. The zero-order valence-electron chi connectivity index (χ0n) is 21.5. The Balaban J connectivity index is 1.32. The van der Waals surface area contributed by atoms with Gasteiger partial charge in [-0.1, -0.05) is 23.7 Å². The molecule has 1 aliphatic carbocycles. The van der Waals surface area contributed by atoms with Crippen molar-refractivity contribution in [2.24, 2.45) is 0 Å². The number of anilines is 1. The lowest BCUT2D eigenvalue weighted by Crippen LogP contribution is -2.42. The number of nitrogens with one attached hydrogen (secondary N) is 3. The fourth-order valence-electron chi connectivity index (χ4n) is 5.11. The molecular formula is C28H23ClF2N6O4. The number of ether oxygens (including phenoxy) is 1. The van der Waals surface area contributed by atoms with Gasteiger partial charge in [0.15, 0.2) is 6.20 Å². The first kappa shape index (κ1) is 26.5. The molecular weight excluding hydrogens is 558 g/mol. The first-order chi connectivity index (χ1) is 19.7. The number of methoxy groups -OCH3 is 1. The summed E-state index contributed by atoms with van der Waals surface area (Å²) in [4.78, 5) is 18.9. The molecule has 0 bridgehead atoms. The molecule has 10 nitrogen and oxygen atoms in total. The van der Waals surface area contributed by atoms with E-state index in [4.69, 9.17) is 11.6 Å². The second kappa shape index (κ2) is 10.1. The van der Waals surface area contributed by atoms with Crippen molar-refractivity contribution in [3.05, 3.63) is 100 Å². The van der Waals surface area contributed by atoms with Crippen molar-refractivity contribution in [1.82, 2.24) is 19.7 Å². The maximum atomic E-state index is 13.4. The van der Waals surface area contributed by atoms with Gasteiger partial charge in [0.05, 0.1) is 30.9 Å². The average Bonchev–Trinajstić information content (AvgIpc) is 3.55. The first-order valence-electron chi connectivity index (χ1n) is 12.5. The van der Waals surface area contributed by atoms with Crippen LogP contribution in [0, 0.1) is 5.21 Å². The Morgan fingerprint density at radius 2 is 2.00 bits per heavy atom. The SMILES string of the molecule is COC(=O)Nc1ccc(-c2cnc(C3(O)CCc4cc(-c5cc(Cl)ccc5-n5cc(C(F)F)[nH]5)c[n+]([O-])c43)[nH]2)cc1. The number of carbonyl (C=O) groups excluding carboxylic acids is 1. The number of H-pyrrole nitrogens is 2. The fourth-order valence-corrected chi connectivity index (χ4v) is 5.29.